The summed E-state index contributed by atoms with van der Waals surface area (Å²) in [4.78, 5) is 12.2. The fraction of sp³-hybridized carbons (Fsp3) is 0.118. The number of halogens is 2. The maximum Gasteiger partial charge on any atom is 0.229 e. The van der Waals surface area contributed by atoms with E-state index in [1.165, 1.54) is 0 Å². The topological polar surface area (TPSA) is 42.2 Å². The van der Waals surface area contributed by atoms with E-state index in [4.69, 9.17) is 27.6 Å². The van der Waals surface area contributed by atoms with E-state index in [2.05, 4.69) is 5.32 Å². The Kier molecular flexibility index (Phi) is 4.10. The Bertz CT molecular complexity index is 835. The predicted molar refractivity (Wildman–Crippen MR) is 89.7 cm³/mol. The molecule has 22 heavy (non-hydrogen) atoms. The number of hydrogen-bond donors (Lipinski definition) is 1. The number of rotatable bonds is 3. The quantitative estimate of drug-likeness (QED) is 0.713. The van der Waals surface area contributed by atoms with Crippen molar-refractivity contribution in [2.45, 2.75) is 13.3 Å². The summed E-state index contributed by atoms with van der Waals surface area (Å²) in [6, 6.07) is 11.0. The number of hydrogen-bond acceptors (Lipinski definition) is 2. The van der Waals surface area contributed by atoms with Crippen LogP contribution in [-0.2, 0) is 11.2 Å². The summed E-state index contributed by atoms with van der Waals surface area (Å²) in [5.41, 5.74) is 3.15. The molecule has 1 N–H and O–H groups in total. The summed E-state index contributed by atoms with van der Waals surface area (Å²) in [7, 11) is 0. The standard InChI is InChI=1S/C17H13Cl2NO2/c1-10-5-6-12-11(9-22-15(12)7-10)8-16(21)20-17-13(18)3-2-4-14(17)19/h2-7,9H,8H2,1H3,(H,20,21). The molecule has 0 aliphatic heterocycles. The van der Waals surface area contributed by atoms with Gasteiger partial charge in [-0.2, -0.15) is 0 Å². The van der Waals surface area contributed by atoms with Gasteiger partial charge in [-0.3, -0.25) is 4.79 Å². The molecule has 0 fully saturated rings. The second-order valence-electron chi connectivity index (χ2n) is 5.08. The smallest absolute Gasteiger partial charge is 0.229 e. The van der Waals surface area contributed by atoms with Crippen molar-refractivity contribution in [3.8, 4) is 0 Å². The fourth-order valence-electron chi connectivity index (χ4n) is 2.30. The number of fused-ring (bicyclic) bond motifs is 1. The lowest BCUT2D eigenvalue weighted by Gasteiger charge is -2.08. The van der Waals surface area contributed by atoms with Crippen LogP contribution in [0, 0.1) is 6.92 Å². The zero-order valence-corrected chi connectivity index (χ0v) is 13.3. The number of nitrogens with one attached hydrogen (secondary N) is 1. The first-order chi connectivity index (χ1) is 10.5. The number of carbonyl (C=O) groups is 1. The normalized spacial score (nSPS) is 10.9. The molecule has 0 bridgehead atoms. The molecule has 0 saturated heterocycles. The van der Waals surface area contributed by atoms with Gasteiger partial charge in [0.2, 0.25) is 5.91 Å². The second kappa shape index (κ2) is 6.03. The van der Waals surface area contributed by atoms with Crippen LogP contribution in [0.2, 0.25) is 10.0 Å². The first-order valence-corrected chi connectivity index (χ1v) is 7.51. The van der Waals surface area contributed by atoms with Gasteiger partial charge in [-0.25, -0.2) is 0 Å². The van der Waals surface area contributed by atoms with Crippen LogP contribution in [-0.4, -0.2) is 5.91 Å². The van der Waals surface area contributed by atoms with E-state index in [1.807, 2.05) is 25.1 Å². The Hall–Kier alpha value is -1.97. The minimum atomic E-state index is -0.196. The second-order valence-corrected chi connectivity index (χ2v) is 5.90. The maximum absolute atomic E-state index is 12.2. The van der Waals surface area contributed by atoms with Gasteiger partial charge in [0.25, 0.3) is 0 Å². The summed E-state index contributed by atoms with van der Waals surface area (Å²) in [6.45, 7) is 1.99. The number of carbonyl (C=O) groups excluding carboxylic acids is 1. The molecule has 3 aromatic rings. The van der Waals surface area contributed by atoms with Crippen LogP contribution in [0.4, 0.5) is 5.69 Å². The number of furan rings is 1. The third-order valence-electron chi connectivity index (χ3n) is 3.39. The van der Waals surface area contributed by atoms with E-state index >= 15 is 0 Å². The van der Waals surface area contributed by atoms with Crippen molar-refractivity contribution in [3.05, 3.63) is 63.8 Å². The van der Waals surface area contributed by atoms with Gasteiger partial charge in [0.05, 0.1) is 28.4 Å². The molecule has 3 rings (SSSR count). The first-order valence-electron chi connectivity index (χ1n) is 6.75. The van der Waals surface area contributed by atoms with Gasteiger partial charge >= 0.3 is 0 Å². The molecule has 2 aromatic carbocycles. The molecule has 1 aromatic heterocycles. The highest BCUT2D eigenvalue weighted by atomic mass is 35.5. The van der Waals surface area contributed by atoms with Crippen molar-refractivity contribution in [1.29, 1.82) is 0 Å². The lowest BCUT2D eigenvalue weighted by molar-refractivity contribution is -0.115. The molecule has 0 spiro atoms. The van der Waals surface area contributed by atoms with Crippen LogP contribution >= 0.6 is 23.2 Å². The molecule has 5 heteroatoms. The van der Waals surface area contributed by atoms with Gasteiger partial charge in [0, 0.05) is 10.9 Å². The Morgan fingerprint density at radius 3 is 2.64 bits per heavy atom. The third-order valence-corrected chi connectivity index (χ3v) is 4.02. The minimum Gasteiger partial charge on any atom is -0.464 e. The van der Waals surface area contributed by atoms with Crippen molar-refractivity contribution in [1.82, 2.24) is 0 Å². The molecule has 0 radical (unpaired) electrons. The molecule has 0 atom stereocenters. The van der Waals surface area contributed by atoms with Gasteiger partial charge in [0.15, 0.2) is 0 Å². The number of para-hydroxylation sites is 1. The lowest BCUT2D eigenvalue weighted by Crippen LogP contribution is -2.14. The summed E-state index contributed by atoms with van der Waals surface area (Å²) in [5.74, 6) is -0.196. The summed E-state index contributed by atoms with van der Waals surface area (Å²) in [5, 5.41) is 4.51. The maximum atomic E-state index is 12.2. The van der Waals surface area contributed by atoms with Crippen molar-refractivity contribution in [2.75, 3.05) is 5.32 Å². The van der Waals surface area contributed by atoms with E-state index in [-0.39, 0.29) is 12.3 Å². The molecule has 0 saturated carbocycles. The molecule has 112 valence electrons. The Balaban J connectivity index is 1.82. The number of amides is 1. The zero-order valence-electron chi connectivity index (χ0n) is 11.8. The Morgan fingerprint density at radius 1 is 1.18 bits per heavy atom. The number of aryl methyl sites for hydroxylation is 1. The van der Waals surface area contributed by atoms with Crippen molar-refractivity contribution < 1.29 is 9.21 Å². The highest BCUT2D eigenvalue weighted by Gasteiger charge is 2.13. The lowest BCUT2D eigenvalue weighted by atomic mass is 10.1. The number of anilines is 1. The highest BCUT2D eigenvalue weighted by Crippen LogP contribution is 2.30. The first kappa shape index (κ1) is 14.9. The van der Waals surface area contributed by atoms with E-state index in [9.17, 15) is 4.79 Å². The largest absolute Gasteiger partial charge is 0.464 e. The summed E-state index contributed by atoms with van der Waals surface area (Å²) in [6.07, 6.45) is 1.80. The molecule has 0 aliphatic rings. The van der Waals surface area contributed by atoms with Crippen molar-refractivity contribution in [3.63, 3.8) is 0 Å². The zero-order chi connectivity index (χ0) is 15.7. The van der Waals surface area contributed by atoms with E-state index < -0.39 is 0 Å². The van der Waals surface area contributed by atoms with Crippen LogP contribution in [0.25, 0.3) is 11.0 Å². The van der Waals surface area contributed by atoms with Crippen LogP contribution < -0.4 is 5.32 Å². The van der Waals surface area contributed by atoms with Crippen molar-refractivity contribution in [2.24, 2.45) is 0 Å². The summed E-state index contributed by atoms with van der Waals surface area (Å²) >= 11 is 12.1. The van der Waals surface area contributed by atoms with Gasteiger partial charge in [-0.1, -0.05) is 41.4 Å². The van der Waals surface area contributed by atoms with E-state index in [1.54, 1.807) is 24.5 Å². The molecule has 3 nitrogen and oxygen atoms in total. The van der Waals surface area contributed by atoms with Gasteiger partial charge < -0.3 is 9.73 Å². The average molecular weight is 334 g/mol. The van der Waals surface area contributed by atoms with Crippen LogP contribution in [0.3, 0.4) is 0 Å². The van der Waals surface area contributed by atoms with E-state index in [0.717, 1.165) is 22.1 Å². The number of benzene rings is 2. The monoisotopic (exact) mass is 333 g/mol. The SMILES string of the molecule is Cc1ccc2c(CC(=O)Nc3c(Cl)cccc3Cl)coc2c1. The Morgan fingerprint density at radius 2 is 1.91 bits per heavy atom. The molecule has 0 aliphatic carbocycles. The third kappa shape index (κ3) is 2.96. The molecular formula is C17H13Cl2NO2. The molecular weight excluding hydrogens is 321 g/mol. The van der Waals surface area contributed by atoms with Gasteiger partial charge in [-0.15, -0.1) is 0 Å². The van der Waals surface area contributed by atoms with Crippen LogP contribution in [0.5, 0.6) is 0 Å². The Labute approximate surface area is 137 Å². The van der Waals surface area contributed by atoms with Crippen molar-refractivity contribution >= 4 is 45.8 Å². The molecule has 1 heterocycles. The van der Waals surface area contributed by atoms with Gasteiger partial charge in [-0.05, 0) is 30.7 Å². The van der Waals surface area contributed by atoms with Crippen LogP contribution in [0.15, 0.2) is 47.1 Å². The molecule has 0 unspecified atom stereocenters. The van der Waals surface area contributed by atoms with Crippen LogP contribution in [0.1, 0.15) is 11.1 Å². The fourth-order valence-corrected chi connectivity index (χ4v) is 2.79. The predicted octanol–water partition coefficient (Wildman–Crippen LogP) is 5.23. The van der Waals surface area contributed by atoms with Gasteiger partial charge in [0.1, 0.15) is 5.58 Å². The minimum absolute atomic E-state index is 0.192. The molecule has 1 amide bonds. The average Bonchev–Trinajstić information content (AvgIpc) is 2.85. The summed E-state index contributed by atoms with van der Waals surface area (Å²) < 4.78 is 5.50. The highest BCUT2D eigenvalue weighted by molar-refractivity contribution is 6.39. The van der Waals surface area contributed by atoms with E-state index in [0.29, 0.717) is 15.7 Å².